The molecule has 0 heterocycles. The monoisotopic (exact) mass is 469 g/mol. The van der Waals surface area contributed by atoms with Crippen LogP contribution in [-0.4, -0.2) is 30.9 Å². The smallest absolute Gasteiger partial charge is 0.313 e. The number of nitrogens with one attached hydrogen (secondary N) is 2. The predicted molar refractivity (Wildman–Crippen MR) is 122 cm³/mol. The van der Waals surface area contributed by atoms with Gasteiger partial charge in [-0.1, -0.05) is 23.7 Å². The predicted octanol–water partition coefficient (Wildman–Crippen LogP) is 4.34. The second-order valence-electron chi connectivity index (χ2n) is 6.80. The first-order valence-corrected chi connectivity index (χ1v) is 10.1. The van der Waals surface area contributed by atoms with E-state index in [0.29, 0.717) is 11.1 Å². The highest BCUT2D eigenvalue weighted by Gasteiger charge is 2.19. The maximum absolute atomic E-state index is 12.6. The molecule has 3 rings (SSSR count). The van der Waals surface area contributed by atoms with Crippen LogP contribution in [0.5, 0.6) is 17.2 Å². The number of amides is 2. The molecule has 0 saturated heterocycles. The van der Waals surface area contributed by atoms with Gasteiger partial charge in [0.1, 0.15) is 0 Å². The molecule has 0 atom stereocenters. The van der Waals surface area contributed by atoms with E-state index >= 15 is 0 Å². The Bertz CT molecular complexity index is 1200. The molecule has 2 N–H and O–H groups in total. The van der Waals surface area contributed by atoms with Crippen LogP contribution in [0.1, 0.15) is 26.3 Å². The summed E-state index contributed by atoms with van der Waals surface area (Å²) in [4.78, 5) is 34.9. The van der Waals surface area contributed by atoms with Crippen molar-refractivity contribution in [2.75, 3.05) is 14.2 Å². The molecule has 0 aliphatic heterocycles. The van der Waals surface area contributed by atoms with Crippen LogP contribution in [-0.2, 0) is 6.54 Å². The largest absolute Gasteiger partial charge is 0.493 e. The Morgan fingerprint density at radius 1 is 0.939 bits per heavy atom. The van der Waals surface area contributed by atoms with Crippen LogP contribution in [0.25, 0.3) is 0 Å². The van der Waals surface area contributed by atoms with Crippen LogP contribution >= 0.6 is 11.6 Å². The van der Waals surface area contributed by atoms with Crippen LogP contribution in [0.15, 0.2) is 60.7 Å². The minimum Gasteiger partial charge on any atom is -0.493 e. The molecular weight excluding hydrogens is 450 g/mol. The van der Waals surface area contributed by atoms with Crippen LogP contribution in [0.4, 0.5) is 5.69 Å². The standard InChI is InChI=1S/C23H20ClN3O6/c1-25-22(28)15-5-3-14(4-6-15)13-26-23(29)16-7-9-20(21(11-16)32-2)33-19-10-8-17(24)12-18(19)27(30)31/h3-12H,13H2,1-2H3,(H,25,28)(H,26,29). The van der Waals surface area contributed by atoms with Gasteiger partial charge in [0, 0.05) is 35.8 Å². The summed E-state index contributed by atoms with van der Waals surface area (Å²) < 4.78 is 11.0. The number of nitro groups is 1. The molecule has 170 valence electrons. The van der Waals surface area contributed by atoms with Gasteiger partial charge in [0.2, 0.25) is 5.75 Å². The van der Waals surface area contributed by atoms with Crippen molar-refractivity contribution in [1.29, 1.82) is 0 Å². The summed E-state index contributed by atoms with van der Waals surface area (Å²) in [7, 11) is 2.95. The first-order chi connectivity index (χ1) is 15.8. The van der Waals surface area contributed by atoms with Crippen LogP contribution in [0.2, 0.25) is 5.02 Å². The van der Waals surface area contributed by atoms with Gasteiger partial charge >= 0.3 is 5.69 Å². The third-order valence-corrected chi connectivity index (χ3v) is 4.89. The number of rotatable bonds is 8. The summed E-state index contributed by atoms with van der Waals surface area (Å²) in [5.74, 6) is -0.136. The fourth-order valence-electron chi connectivity index (χ4n) is 2.93. The Morgan fingerprint density at radius 3 is 2.24 bits per heavy atom. The normalized spacial score (nSPS) is 10.3. The van der Waals surface area contributed by atoms with E-state index in [1.54, 1.807) is 31.3 Å². The van der Waals surface area contributed by atoms with Gasteiger partial charge in [0.05, 0.1) is 12.0 Å². The highest BCUT2D eigenvalue weighted by Crippen LogP contribution is 2.37. The maximum atomic E-state index is 12.6. The van der Waals surface area contributed by atoms with Crippen molar-refractivity contribution in [2.24, 2.45) is 0 Å². The second-order valence-corrected chi connectivity index (χ2v) is 7.23. The third-order valence-electron chi connectivity index (χ3n) is 4.66. The zero-order chi connectivity index (χ0) is 24.0. The van der Waals surface area contributed by atoms with Crippen molar-refractivity contribution in [2.45, 2.75) is 6.54 Å². The number of carbonyl (C=O) groups is 2. The zero-order valence-corrected chi connectivity index (χ0v) is 18.5. The third kappa shape index (κ3) is 5.78. The number of hydrogen-bond acceptors (Lipinski definition) is 6. The minimum atomic E-state index is -0.600. The minimum absolute atomic E-state index is 0.0138. The van der Waals surface area contributed by atoms with E-state index in [0.717, 1.165) is 5.56 Å². The Morgan fingerprint density at radius 2 is 1.61 bits per heavy atom. The summed E-state index contributed by atoms with van der Waals surface area (Å²) >= 11 is 5.83. The number of hydrogen-bond donors (Lipinski definition) is 2. The molecule has 0 aromatic heterocycles. The molecule has 0 aliphatic rings. The van der Waals surface area contributed by atoms with Gasteiger partial charge in [-0.25, -0.2) is 0 Å². The molecule has 0 saturated carbocycles. The molecule has 0 aliphatic carbocycles. The Kier molecular flexibility index (Phi) is 7.47. The summed E-state index contributed by atoms with van der Waals surface area (Å²) in [6.45, 7) is 0.254. The second kappa shape index (κ2) is 10.5. The zero-order valence-electron chi connectivity index (χ0n) is 17.8. The molecule has 0 spiro atoms. The first-order valence-electron chi connectivity index (χ1n) is 9.71. The van der Waals surface area contributed by atoms with E-state index in [4.69, 9.17) is 21.1 Å². The van der Waals surface area contributed by atoms with Crippen molar-refractivity contribution in [1.82, 2.24) is 10.6 Å². The Balaban J connectivity index is 1.72. The molecule has 0 fully saturated rings. The van der Waals surface area contributed by atoms with E-state index in [-0.39, 0.29) is 46.3 Å². The number of halogens is 1. The molecule has 9 nitrogen and oxygen atoms in total. The number of carbonyl (C=O) groups excluding carboxylic acids is 2. The fraction of sp³-hybridized carbons (Fsp3) is 0.130. The van der Waals surface area contributed by atoms with E-state index in [1.165, 1.54) is 43.5 Å². The molecule has 0 bridgehead atoms. The van der Waals surface area contributed by atoms with E-state index < -0.39 is 4.92 Å². The average molecular weight is 470 g/mol. The molecule has 10 heteroatoms. The summed E-state index contributed by atoms with van der Waals surface area (Å²) in [6.07, 6.45) is 0. The van der Waals surface area contributed by atoms with Gasteiger partial charge in [0.25, 0.3) is 11.8 Å². The number of benzene rings is 3. The first kappa shape index (κ1) is 23.6. The van der Waals surface area contributed by atoms with Crippen molar-refractivity contribution >= 4 is 29.1 Å². The van der Waals surface area contributed by atoms with Gasteiger partial charge in [-0.05, 0) is 48.0 Å². The van der Waals surface area contributed by atoms with Crippen molar-refractivity contribution in [3.63, 3.8) is 0 Å². The van der Waals surface area contributed by atoms with Crippen LogP contribution < -0.4 is 20.1 Å². The number of nitrogens with zero attached hydrogens (tertiary/aromatic N) is 1. The lowest BCUT2D eigenvalue weighted by molar-refractivity contribution is -0.385. The summed E-state index contributed by atoms with van der Waals surface area (Å²) in [5, 5.41) is 16.8. The number of ether oxygens (including phenoxy) is 2. The molecule has 2 amide bonds. The summed E-state index contributed by atoms with van der Waals surface area (Å²) in [5.41, 5.74) is 1.35. The molecular formula is C23H20ClN3O6. The molecule has 3 aromatic rings. The lowest BCUT2D eigenvalue weighted by Crippen LogP contribution is -2.23. The van der Waals surface area contributed by atoms with Crippen molar-refractivity contribution in [3.05, 3.63) is 92.5 Å². The highest BCUT2D eigenvalue weighted by molar-refractivity contribution is 6.30. The van der Waals surface area contributed by atoms with E-state index in [1.807, 2.05) is 0 Å². The molecule has 0 radical (unpaired) electrons. The summed E-state index contributed by atoms with van der Waals surface area (Å²) in [6, 6.07) is 15.4. The van der Waals surface area contributed by atoms with E-state index in [2.05, 4.69) is 10.6 Å². The number of nitro benzene ring substituents is 1. The van der Waals surface area contributed by atoms with Gasteiger partial charge in [-0.3, -0.25) is 19.7 Å². The van der Waals surface area contributed by atoms with Gasteiger partial charge in [-0.2, -0.15) is 0 Å². The molecule has 3 aromatic carbocycles. The highest BCUT2D eigenvalue weighted by atomic mass is 35.5. The van der Waals surface area contributed by atoms with Gasteiger partial charge in [-0.15, -0.1) is 0 Å². The molecule has 33 heavy (non-hydrogen) atoms. The average Bonchev–Trinajstić information content (AvgIpc) is 2.83. The quantitative estimate of drug-likeness (QED) is 0.374. The SMILES string of the molecule is CNC(=O)c1ccc(CNC(=O)c2ccc(Oc3ccc(Cl)cc3[N+](=O)[O-])c(OC)c2)cc1. The lowest BCUT2D eigenvalue weighted by atomic mass is 10.1. The topological polar surface area (TPSA) is 120 Å². The van der Waals surface area contributed by atoms with Crippen molar-refractivity contribution in [3.8, 4) is 17.2 Å². The number of methoxy groups -OCH3 is 1. The Hall–Kier alpha value is -4.11. The van der Waals surface area contributed by atoms with Crippen molar-refractivity contribution < 1.29 is 24.0 Å². The van der Waals surface area contributed by atoms with Gasteiger partial charge in [0.15, 0.2) is 11.5 Å². The fourth-order valence-corrected chi connectivity index (χ4v) is 3.10. The van der Waals surface area contributed by atoms with E-state index in [9.17, 15) is 19.7 Å². The van der Waals surface area contributed by atoms with Gasteiger partial charge < -0.3 is 20.1 Å². The maximum Gasteiger partial charge on any atom is 0.313 e. The Labute approximate surface area is 194 Å². The van der Waals surface area contributed by atoms with Crippen LogP contribution in [0, 0.1) is 10.1 Å². The van der Waals surface area contributed by atoms with Crippen LogP contribution in [0.3, 0.4) is 0 Å². The molecule has 0 unspecified atom stereocenters. The lowest BCUT2D eigenvalue weighted by Gasteiger charge is -2.12.